The van der Waals surface area contributed by atoms with Crippen molar-refractivity contribution in [3.8, 4) is 0 Å². The average molecular weight is 406 g/mol. The van der Waals surface area contributed by atoms with Crippen molar-refractivity contribution in [3.05, 3.63) is 71.0 Å². The van der Waals surface area contributed by atoms with Crippen LogP contribution in [0.25, 0.3) is 0 Å². The highest BCUT2D eigenvalue weighted by molar-refractivity contribution is 7.89. The van der Waals surface area contributed by atoms with E-state index < -0.39 is 15.7 Å². The molecule has 28 heavy (non-hydrogen) atoms. The summed E-state index contributed by atoms with van der Waals surface area (Å²) < 4.78 is 36.9. The molecule has 2 aromatic carbocycles. The molecule has 0 aliphatic heterocycles. The lowest BCUT2D eigenvalue weighted by Gasteiger charge is -2.27. The van der Waals surface area contributed by atoms with E-state index >= 15 is 0 Å². The van der Waals surface area contributed by atoms with Crippen molar-refractivity contribution in [1.29, 1.82) is 0 Å². The van der Waals surface area contributed by atoms with E-state index in [1.54, 1.807) is 7.05 Å². The largest absolute Gasteiger partial charge is 0.356 e. The number of guanidine groups is 1. The number of nitrogens with zero attached hydrogens (tertiary/aromatic N) is 1. The smallest absolute Gasteiger partial charge is 0.191 e. The van der Waals surface area contributed by atoms with Crippen molar-refractivity contribution in [2.75, 3.05) is 19.8 Å². The molecule has 7 heteroatoms. The third-order valence-corrected chi connectivity index (χ3v) is 5.34. The van der Waals surface area contributed by atoms with E-state index in [1.165, 1.54) is 30.0 Å². The van der Waals surface area contributed by atoms with Crippen molar-refractivity contribution in [1.82, 2.24) is 10.6 Å². The summed E-state index contributed by atoms with van der Waals surface area (Å²) in [5, 5.41) is 6.43. The number of hydrogen-bond acceptors (Lipinski definition) is 3. The number of benzene rings is 2. The predicted octanol–water partition coefficient (Wildman–Crippen LogP) is 3.01. The van der Waals surface area contributed by atoms with Crippen LogP contribution < -0.4 is 10.6 Å². The Hall–Kier alpha value is -2.41. The Kier molecular flexibility index (Phi) is 7.18. The van der Waals surface area contributed by atoms with E-state index in [-0.39, 0.29) is 17.7 Å². The minimum atomic E-state index is -3.21. The van der Waals surface area contributed by atoms with Crippen LogP contribution in [-0.2, 0) is 27.5 Å². The highest BCUT2D eigenvalue weighted by Crippen LogP contribution is 2.21. The number of halogens is 1. The first-order chi connectivity index (χ1) is 13.1. The zero-order valence-corrected chi connectivity index (χ0v) is 17.6. The molecule has 0 aromatic heterocycles. The van der Waals surface area contributed by atoms with Gasteiger partial charge in [-0.05, 0) is 28.8 Å². The van der Waals surface area contributed by atoms with E-state index in [2.05, 4.69) is 41.6 Å². The van der Waals surface area contributed by atoms with Crippen LogP contribution in [0.5, 0.6) is 0 Å². The molecule has 0 amide bonds. The molecule has 2 N–H and O–H groups in total. The van der Waals surface area contributed by atoms with Gasteiger partial charge in [0.25, 0.3) is 0 Å². The van der Waals surface area contributed by atoms with Gasteiger partial charge < -0.3 is 10.6 Å². The highest BCUT2D eigenvalue weighted by atomic mass is 32.2. The van der Waals surface area contributed by atoms with E-state index in [4.69, 9.17) is 0 Å². The van der Waals surface area contributed by atoms with Crippen molar-refractivity contribution in [2.45, 2.75) is 31.6 Å². The van der Waals surface area contributed by atoms with Crippen LogP contribution in [0.2, 0.25) is 0 Å². The molecule has 0 saturated heterocycles. The molecule has 0 aliphatic rings. The maximum atomic E-state index is 13.7. The van der Waals surface area contributed by atoms with Gasteiger partial charge in [-0.25, -0.2) is 12.8 Å². The summed E-state index contributed by atoms with van der Waals surface area (Å²) in [5.74, 6) is 0.0398. The SMILES string of the molecule is CN=C(NCc1cc(F)ccc1CS(C)(=O)=O)NCC(C)(C)c1ccccc1. The Bertz CT molecular complexity index is 926. The van der Waals surface area contributed by atoms with Gasteiger partial charge in [0.05, 0.1) is 5.75 Å². The normalized spacial score (nSPS) is 12.7. The summed E-state index contributed by atoms with van der Waals surface area (Å²) in [5.41, 5.74) is 2.27. The molecule has 0 saturated carbocycles. The monoisotopic (exact) mass is 405 g/mol. The number of hydrogen-bond donors (Lipinski definition) is 2. The summed E-state index contributed by atoms with van der Waals surface area (Å²) >= 11 is 0. The Morgan fingerprint density at radius 2 is 1.75 bits per heavy atom. The van der Waals surface area contributed by atoms with Gasteiger partial charge in [-0.2, -0.15) is 0 Å². The van der Waals surface area contributed by atoms with Crippen molar-refractivity contribution < 1.29 is 12.8 Å². The van der Waals surface area contributed by atoms with Gasteiger partial charge in [0.2, 0.25) is 0 Å². The lowest BCUT2D eigenvalue weighted by molar-refractivity contribution is 0.508. The summed E-state index contributed by atoms with van der Waals surface area (Å²) in [4.78, 5) is 4.21. The van der Waals surface area contributed by atoms with Crippen LogP contribution in [0.15, 0.2) is 53.5 Å². The van der Waals surface area contributed by atoms with E-state index in [0.29, 0.717) is 23.6 Å². The van der Waals surface area contributed by atoms with Gasteiger partial charge in [0, 0.05) is 31.8 Å². The molecule has 0 heterocycles. The third-order valence-electron chi connectivity index (χ3n) is 4.51. The van der Waals surface area contributed by atoms with E-state index in [1.807, 2.05) is 18.2 Å². The topological polar surface area (TPSA) is 70.6 Å². The Morgan fingerprint density at radius 1 is 1.07 bits per heavy atom. The molecular weight excluding hydrogens is 377 g/mol. The number of aliphatic imine (C=N–C) groups is 1. The molecule has 5 nitrogen and oxygen atoms in total. The van der Waals surface area contributed by atoms with E-state index in [0.717, 1.165) is 0 Å². The minimum Gasteiger partial charge on any atom is -0.356 e. The quantitative estimate of drug-likeness (QED) is 0.549. The zero-order chi connectivity index (χ0) is 20.8. The van der Waals surface area contributed by atoms with Crippen molar-refractivity contribution in [3.63, 3.8) is 0 Å². The molecule has 2 aromatic rings. The highest BCUT2D eigenvalue weighted by Gasteiger charge is 2.20. The first-order valence-electron chi connectivity index (χ1n) is 9.06. The van der Waals surface area contributed by atoms with Gasteiger partial charge in [0.1, 0.15) is 5.82 Å². The number of rotatable bonds is 7. The molecule has 0 spiro atoms. The average Bonchev–Trinajstić information content (AvgIpc) is 2.63. The summed E-state index contributed by atoms with van der Waals surface area (Å²) in [6.07, 6.45) is 1.17. The Labute approximate surface area is 167 Å². The van der Waals surface area contributed by atoms with E-state index in [9.17, 15) is 12.8 Å². The maximum absolute atomic E-state index is 13.7. The van der Waals surface area contributed by atoms with Crippen molar-refractivity contribution >= 4 is 15.8 Å². The van der Waals surface area contributed by atoms with Gasteiger partial charge in [-0.1, -0.05) is 50.2 Å². The van der Waals surface area contributed by atoms with Crippen LogP contribution in [0.1, 0.15) is 30.5 Å². The molecule has 0 fully saturated rings. The summed E-state index contributed by atoms with van der Waals surface area (Å²) in [6, 6.07) is 14.3. The second-order valence-electron chi connectivity index (χ2n) is 7.51. The molecule has 0 aliphatic carbocycles. The van der Waals surface area contributed by atoms with Crippen molar-refractivity contribution in [2.24, 2.45) is 4.99 Å². The summed E-state index contributed by atoms with van der Waals surface area (Å²) in [6.45, 7) is 5.20. The second-order valence-corrected chi connectivity index (χ2v) is 9.65. The third kappa shape index (κ3) is 6.64. The first-order valence-corrected chi connectivity index (χ1v) is 11.1. The fourth-order valence-electron chi connectivity index (χ4n) is 2.88. The zero-order valence-electron chi connectivity index (χ0n) is 16.8. The van der Waals surface area contributed by atoms with Crippen LogP contribution in [0, 0.1) is 5.82 Å². The van der Waals surface area contributed by atoms with Gasteiger partial charge >= 0.3 is 0 Å². The first kappa shape index (κ1) is 21.9. The van der Waals surface area contributed by atoms with Gasteiger partial charge in [0.15, 0.2) is 15.8 Å². The maximum Gasteiger partial charge on any atom is 0.191 e. The molecular formula is C21H28FN3O2S. The van der Waals surface area contributed by atoms with Crippen LogP contribution in [0.4, 0.5) is 4.39 Å². The van der Waals surface area contributed by atoms with Crippen LogP contribution >= 0.6 is 0 Å². The molecule has 0 unspecified atom stereocenters. The van der Waals surface area contributed by atoms with Gasteiger partial charge in [-0.3, -0.25) is 4.99 Å². The fraction of sp³-hybridized carbons (Fsp3) is 0.381. The second kappa shape index (κ2) is 9.19. The minimum absolute atomic E-state index is 0.112. The summed E-state index contributed by atoms with van der Waals surface area (Å²) in [7, 11) is -1.55. The molecule has 0 radical (unpaired) electrons. The molecule has 0 bridgehead atoms. The van der Waals surface area contributed by atoms with Gasteiger partial charge in [-0.15, -0.1) is 0 Å². The van der Waals surface area contributed by atoms with Crippen LogP contribution in [-0.4, -0.2) is 34.2 Å². The Morgan fingerprint density at radius 3 is 2.36 bits per heavy atom. The lowest BCUT2D eigenvalue weighted by atomic mass is 9.85. The number of sulfone groups is 1. The molecule has 2 rings (SSSR count). The van der Waals surface area contributed by atoms with Crippen LogP contribution in [0.3, 0.4) is 0 Å². The predicted molar refractivity (Wildman–Crippen MR) is 113 cm³/mol. The standard InChI is InChI=1S/C21H28FN3O2S/c1-21(2,18-8-6-5-7-9-18)15-25-20(23-3)24-13-17-12-19(22)11-10-16(17)14-28(4,26)27/h5-12H,13-15H2,1-4H3,(H2,23,24,25). The number of nitrogens with one attached hydrogen (secondary N) is 2. The molecule has 0 atom stereocenters. The lowest BCUT2D eigenvalue weighted by Crippen LogP contribution is -2.43. The Balaban J connectivity index is 2.04. The fourth-order valence-corrected chi connectivity index (χ4v) is 3.72. The molecule has 152 valence electrons.